The van der Waals surface area contributed by atoms with Gasteiger partial charge in [-0.05, 0) is 109 Å². The molecular weight excluding hydrogens is 645 g/mol. The van der Waals surface area contributed by atoms with Crippen molar-refractivity contribution in [1.82, 2.24) is 9.80 Å². The molecule has 0 aliphatic carbocycles. The van der Waals surface area contributed by atoms with Crippen LogP contribution in [0.4, 0.5) is 0 Å². The molecule has 0 aromatic heterocycles. The Morgan fingerprint density at radius 2 is 1.00 bits per heavy atom. The second-order valence-corrected chi connectivity index (χ2v) is 14.8. The van der Waals surface area contributed by atoms with E-state index < -0.39 is 0 Å². The van der Waals surface area contributed by atoms with Gasteiger partial charge in [0.25, 0.3) is 0 Å². The molecule has 0 N–H and O–H groups in total. The molecule has 0 aromatic rings. The van der Waals surface area contributed by atoms with Crippen molar-refractivity contribution in [2.75, 3.05) is 57.9 Å². The Morgan fingerprint density at radius 3 is 1.48 bits per heavy atom. The van der Waals surface area contributed by atoms with Gasteiger partial charge in [-0.3, -0.25) is 14.4 Å². The number of amides is 1. The van der Waals surface area contributed by atoms with Crippen molar-refractivity contribution in [1.29, 1.82) is 0 Å². The van der Waals surface area contributed by atoms with Gasteiger partial charge >= 0.3 is 11.9 Å². The molecule has 0 heterocycles. The molecule has 0 aromatic carbocycles. The zero-order valence-corrected chi connectivity index (χ0v) is 33.9. The highest BCUT2D eigenvalue weighted by Crippen LogP contribution is 2.11. The standard InChI is InChI=1S/C42H78N2O5S/c1-5-8-10-12-14-16-18-24-31-41(46)48-36-28-22-20-26-34-44(40(45)39-50-38-30-33-43(4)7-3)35-27-21-23-29-37-49-42(47)32-25-19-17-15-13-11-9-6-2/h16-19H,5-15,20-39H2,1-4H3. The molecule has 0 aliphatic heterocycles. The molecule has 0 aliphatic rings. The van der Waals surface area contributed by atoms with Crippen molar-refractivity contribution < 1.29 is 23.9 Å². The van der Waals surface area contributed by atoms with E-state index in [-0.39, 0.29) is 17.8 Å². The molecule has 1 amide bonds. The van der Waals surface area contributed by atoms with Crippen molar-refractivity contribution in [3.63, 3.8) is 0 Å². The zero-order valence-electron chi connectivity index (χ0n) is 33.1. The first-order valence-corrected chi connectivity index (χ1v) is 21.7. The number of unbranched alkanes of at least 4 members (excludes halogenated alkanes) is 14. The Labute approximate surface area is 313 Å². The largest absolute Gasteiger partial charge is 0.466 e. The van der Waals surface area contributed by atoms with Crippen molar-refractivity contribution in [3.05, 3.63) is 24.3 Å². The first-order valence-electron chi connectivity index (χ1n) is 20.6. The summed E-state index contributed by atoms with van der Waals surface area (Å²) >= 11 is 1.75. The Hall–Kier alpha value is -1.80. The van der Waals surface area contributed by atoms with E-state index in [1.807, 2.05) is 0 Å². The Kier molecular flexibility index (Phi) is 37.0. The minimum Gasteiger partial charge on any atom is -0.466 e. The molecule has 8 heteroatoms. The van der Waals surface area contributed by atoms with Gasteiger partial charge < -0.3 is 19.3 Å². The fourth-order valence-corrected chi connectivity index (χ4v) is 6.33. The number of hydrogen-bond acceptors (Lipinski definition) is 7. The SMILES string of the molecule is CCCCCCC=CCCC(=O)OCCCCCCN(CCCCCCOC(=O)CCC=CCCCCCC)C(=O)CSCCCN(C)CC. The molecule has 50 heavy (non-hydrogen) atoms. The normalized spacial score (nSPS) is 11.6. The van der Waals surface area contributed by atoms with Gasteiger partial charge in [-0.25, -0.2) is 0 Å². The number of allylic oxidation sites excluding steroid dienone is 4. The summed E-state index contributed by atoms with van der Waals surface area (Å²) in [4.78, 5) is 41.5. The van der Waals surface area contributed by atoms with E-state index in [0.29, 0.717) is 31.8 Å². The molecule has 0 bridgehead atoms. The molecule has 7 nitrogen and oxygen atoms in total. The highest BCUT2D eigenvalue weighted by Gasteiger charge is 2.13. The highest BCUT2D eigenvalue weighted by molar-refractivity contribution is 7.99. The molecule has 0 rings (SSSR count). The highest BCUT2D eigenvalue weighted by atomic mass is 32.2. The van der Waals surface area contributed by atoms with Crippen molar-refractivity contribution in [3.8, 4) is 0 Å². The number of carbonyl (C=O) groups excluding carboxylic acids is 3. The first-order chi connectivity index (χ1) is 24.4. The second-order valence-electron chi connectivity index (χ2n) is 13.7. The lowest BCUT2D eigenvalue weighted by atomic mass is 10.1. The quantitative estimate of drug-likeness (QED) is 0.0359. The average Bonchev–Trinajstić information content (AvgIpc) is 3.11. The van der Waals surface area contributed by atoms with Gasteiger partial charge in [-0.15, -0.1) is 0 Å². The van der Waals surface area contributed by atoms with Crippen molar-refractivity contribution in [2.24, 2.45) is 0 Å². The number of rotatable bonds is 37. The van der Waals surface area contributed by atoms with E-state index in [0.717, 1.165) is 115 Å². The van der Waals surface area contributed by atoms with Crippen LogP contribution in [-0.2, 0) is 23.9 Å². The van der Waals surface area contributed by atoms with Crippen LogP contribution in [-0.4, -0.2) is 85.6 Å². The lowest BCUT2D eigenvalue weighted by Crippen LogP contribution is -2.34. The Morgan fingerprint density at radius 1 is 0.540 bits per heavy atom. The summed E-state index contributed by atoms with van der Waals surface area (Å²) in [6.45, 7) is 11.3. The summed E-state index contributed by atoms with van der Waals surface area (Å²) in [7, 11) is 2.14. The molecule has 0 atom stereocenters. The monoisotopic (exact) mass is 723 g/mol. The summed E-state index contributed by atoms with van der Waals surface area (Å²) in [5, 5.41) is 0. The van der Waals surface area contributed by atoms with Crippen LogP contribution < -0.4 is 0 Å². The smallest absolute Gasteiger partial charge is 0.306 e. The van der Waals surface area contributed by atoms with Gasteiger partial charge in [0, 0.05) is 25.9 Å². The van der Waals surface area contributed by atoms with Crippen LogP contribution in [0.15, 0.2) is 24.3 Å². The van der Waals surface area contributed by atoms with Crippen LogP contribution in [0.25, 0.3) is 0 Å². The topological polar surface area (TPSA) is 76.1 Å². The number of thioether (sulfide) groups is 1. The van der Waals surface area contributed by atoms with Crippen LogP contribution in [0, 0.1) is 0 Å². The number of ether oxygens (including phenoxy) is 2. The zero-order chi connectivity index (χ0) is 36.8. The molecular formula is C42H78N2O5S. The van der Waals surface area contributed by atoms with Crippen LogP contribution in [0.2, 0.25) is 0 Å². The maximum atomic E-state index is 13.1. The van der Waals surface area contributed by atoms with Crippen LogP contribution >= 0.6 is 11.8 Å². The molecule has 0 radical (unpaired) electrons. The summed E-state index contributed by atoms with van der Waals surface area (Å²) in [5.41, 5.74) is 0. The van der Waals surface area contributed by atoms with Crippen molar-refractivity contribution in [2.45, 2.75) is 168 Å². The Bertz CT molecular complexity index is 798. The van der Waals surface area contributed by atoms with E-state index in [1.165, 1.54) is 51.4 Å². The van der Waals surface area contributed by atoms with Crippen LogP contribution in [0.5, 0.6) is 0 Å². The summed E-state index contributed by atoms with van der Waals surface area (Å²) < 4.78 is 10.9. The third-order valence-corrected chi connectivity index (χ3v) is 9.96. The Balaban J connectivity index is 4.22. The molecule has 292 valence electrons. The van der Waals surface area contributed by atoms with E-state index in [2.05, 4.69) is 61.9 Å². The van der Waals surface area contributed by atoms with Gasteiger partial charge in [-0.2, -0.15) is 11.8 Å². The summed E-state index contributed by atoms with van der Waals surface area (Å²) in [6.07, 6.45) is 32.2. The molecule has 0 fully saturated rings. The first kappa shape index (κ1) is 48.2. The number of hydrogen-bond donors (Lipinski definition) is 0. The van der Waals surface area contributed by atoms with E-state index >= 15 is 0 Å². The number of esters is 2. The fraction of sp³-hybridized carbons (Fsp3) is 0.833. The molecule has 0 saturated carbocycles. The van der Waals surface area contributed by atoms with Gasteiger partial charge in [0.1, 0.15) is 0 Å². The van der Waals surface area contributed by atoms with E-state index in [4.69, 9.17) is 9.47 Å². The maximum absolute atomic E-state index is 13.1. The van der Waals surface area contributed by atoms with Gasteiger partial charge in [0.2, 0.25) is 5.91 Å². The molecule has 0 spiro atoms. The predicted octanol–water partition coefficient (Wildman–Crippen LogP) is 10.7. The lowest BCUT2D eigenvalue weighted by Gasteiger charge is -2.23. The van der Waals surface area contributed by atoms with Crippen LogP contribution in [0.1, 0.15) is 168 Å². The van der Waals surface area contributed by atoms with Crippen LogP contribution in [0.3, 0.4) is 0 Å². The lowest BCUT2D eigenvalue weighted by molar-refractivity contribution is -0.144. The predicted molar refractivity (Wildman–Crippen MR) is 215 cm³/mol. The van der Waals surface area contributed by atoms with Gasteiger partial charge in [-0.1, -0.05) is 96.4 Å². The third-order valence-electron chi connectivity index (χ3n) is 8.93. The van der Waals surface area contributed by atoms with E-state index in [9.17, 15) is 14.4 Å². The van der Waals surface area contributed by atoms with E-state index in [1.54, 1.807) is 11.8 Å². The minimum atomic E-state index is -0.106. The van der Waals surface area contributed by atoms with Gasteiger partial charge in [0.05, 0.1) is 19.0 Å². The molecule has 0 unspecified atom stereocenters. The maximum Gasteiger partial charge on any atom is 0.306 e. The second kappa shape index (κ2) is 38.4. The van der Waals surface area contributed by atoms with Gasteiger partial charge in [0.15, 0.2) is 0 Å². The summed E-state index contributed by atoms with van der Waals surface area (Å²) in [5.74, 6) is 1.58. The summed E-state index contributed by atoms with van der Waals surface area (Å²) in [6, 6.07) is 0. The third kappa shape index (κ3) is 34.6. The van der Waals surface area contributed by atoms with Crippen molar-refractivity contribution >= 4 is 29.6 Å². The number of carbonyl (C=O) groups is 3. The fourth-order valence-electron chi connectivity index (χ4n) is 5.49. The molecule has 0 saturated heterocycles. The average molecular weight is 723 g/mol. The minimum absolute atomic E-state index is 0.106. The number of nitrogens with zero attached hydrogens (tertiary/aromatic N) is 2.